The first-order valence-electron chi connectivity index (χ1n) is 5.68. The molecule has 0 fully saturated rings. The average Bonchev–Trinajstić information content (AvgIpc) is 2.34. The zero-order chi connectivity index (χ0) is 14.3. The van der Waals surface area contributed by atoms with Crippen molar-refractivity contribution < 1.29 is 13.2 Å². The predicted molar refractivity (Wildman–Crippen MR) is 73.6 cm³/mol. The van der Waals surface area contributed by atoms with Crippen molar-refractivity contribution in [3.63, 3.8) is 0 Å². The van der Waals surface area contributed by atoms with Gasteiger partial charge in [0.25, 0.3) is 0 Å². The molecule has 1 heterocycles. The second-order valence-corrected chi connectivity index (χ2v) is 5.66. The quantitative estimate of drug-likeness (QED) is 0.560. The first-order chi connectivity index (χ1) is 8.94. The van der Waals surface area contributed by atoms with Gasteiger partial charge in [0.15, 0.2) is 5.82 Å². The van der Waals surface area contributed by atoms with E-state index in [1.54, 1.807) is 20.2 Å². The Hall–Kier alpha value is -1.45. The van der Waals surface area contributed by atoms with Gasteiger partial charge in [0.2, 0.25) is 10.0 Å². The van der Waals surface area contributed by atoms with E-state index in [1.165, 1.54) is 0 Å². The van der Waals surface area contributed by atoms with Gasteiger partial charge in [-0.15, -0.1) is 0 Å². The number of ether oxygens (including phenoxy) is 1. The zero-order valence-electron chi connectivity index (χ0n) is 11.2. The van der Waals surface area contributed by atoms with E-state index in [0.717, 1.165) is 6.26 Å². The van der Waals surface area contributed by atoms with E-state index >= 15 is 0 Å². The third-order valence-electron chi connectivity index (χ3n) is 2.10. The Morgan fingerprint density at radius 3 is 2.53 bits per heavy atom. The molecule has 0 saturated carbocycles. The molecule has 0 bridgehead atoms. The summed E-state index contributed by atoms with van der Waals surface area (Å²) < 4.78 is 29.1. The molecular formula is C10H19N5O3S. The second kappa shape index (κ2) is 7.22. The normalized spacial score (nSPS) is 11.3. The Kier molecular flexibility index (Phi) is 5.93. The van der Waals surface area contributed by atoms with E-state index in [-0.39, 0.29) is 6.54 Å². The van der Waals surface area contributed by atoms with Gasteiger partial charge in [-0.1, -0.05) is 0 Å². The largest absolute Gasteiger partial charge is 0.377 e. The molecule has 0 aliphatic carbocycles. The Bertz CT molecular complexity index is 506. The lowest BCUT2D eigenvalue weighted by atomic mass is 10.4. The molecule has 9 heteroatoms. The fourth-order valence-electron chi connectivity index (χ4n) is 1.34. The maximum Gasteiger partial charge on any atom is 0.208 e. The molecule has 0 saturated heterocycles. The Morgan fingerprint density at radius 1 is 1.26 bits per heavy atom. The summed E-state index contributed by atoms with van der Waals surface area (Å²) in [4.78, 5) is 8.45. The van der Waals surface area contributed by atoms with E-state index < -0.39 is 10.0 Å². The van der Waals surface area contributed by atoms with Crippen molar-refractivity contribution >= 4 is 21.7 Å². The summed E-state index contributed by atoms with van der Waals surface area (Å²) in [5, 5.41) is 5.94. The average molecular weight is 289 g/mol. The summed E-state index contributed by atoms with van der Waals surface area (Å²) in [6.45, 7) is 1.03. The first-order valence-corrected chi connectivity index (χ1v) is 7.57. The van der Waals surface area contributed by atoms with Gasteiger partial charge in [-0.25, -0.2) is 23.1 Å². The van der Waals surface area contributed by atoms with Crippen LogP contribution in [0.5, 0.6) is 0 Å². The minimum absolute atomic E-state index is 0.289. The summed E-state index contributed by atoms with van der Waals surface area (Å²) >= 11 is 0. The van der Waals surface area contributed by atoms with Gasteiger partial charge < -0.3 is 15.4 Å². The first kappa shape index (κ1) is 15.6. The number of hydrogen-bond donors (Lipinski definition) is 3. The molecule has 0 atom stereocenters. The SMILES string of the molecule is CNc1cc(NCCNS(C)(=O)=O)nc(COC)n1. The third-order valence-corrected chi connectivity index (χ3v) is 2.83. The summed E-state index contributed by atoms with van der Waals surface area (Å²) in [6.07, 6.45) is 1.12. The standard InChI is InChI=1S/C10H19N5O3S/c1-11-8-6-9(15-10(14-8)7-18-2)12-4-5-13-19(3,16)17/h6,13H,4-5,7H2,1-3H3,(H2,11,12,14,15). The molecule has 0 amide bonds. The van der Waals surface area contributed by atoms with Gasteiger partial charge in [-0.05, 0) is 0 Å². The molecule has 0 aliphatic rings. The van der Waals surface area contributed by atoms with Crippen LogP contribution in [-0.2, 0) is 21.4 Å². The molecule has 0 aromatic carbocycles. The van der Waals surface area contributed by atoms with Crippen LogP contribution >= 0.6 is 0 Å². The van der Waals surface area contributed by atoms with E-state index in [1.807, 2.05) is 0 Å². The lowest BCUT2D eigenvalue weighted by Crippen LogP contribution is -2.27. The number of nitrogens with zero attached hydrogens (tertiary/aromatic N) is 2. The third kappa shape index (κ3) is 6.32. The molecule has 19 heavy (non-hydrogen) atoms. The van der Waals surface area contributed by atoms with E-state index in [2.05, 4.69) is 25.3 Å². The molecule has 3 N–H and O–H groups in total. The number of methoxy groups -OCH3 is 1. The van der Waals surface area contributed by atoms with Gasteiger partial charge in [0.1, 0.15) is 18.2 Å². The van der Waals surface area contributed by atoms with Gasteiger partial charge >= 0.3 is 0 Å². The van der Waals surface area contributed by atoms with Crippen molar-refractivity contribution in [2.75, 3.05) is 44.1 Å². The van der Waals surface area contributed by atoms with Crippen LogP contribution in [0.25, 0.3) is 0 Å². The second-order valence-electron chi connectivity index (χ2n) is 3.83. The summed E-state index contributed by atoms with van der Waals surface area (Å²) in [7, 11) is 0.163. The van der Waals surface area contributed by atoms with Crippen LogP contribution in [0.4, 0.5) is 11.6 Å². The van der Waals surface area contributed by atoms with E-state index in [4.69, 9.17) is 4.74 Å². The van der Waals surface area contributed by atoms with Crippen molar-refractivity contribution in [3.8, 4) is 0 Å². The highest BCUT2D eigenvalue weighted by molar-refractivity contribution is 7.88. The monoisotopic (exact) mass is 289 g/mol. The highest BCUT2D eigenvalue weighted by Crippen LogP contribution is 2.10. The molecule has 1 aromatic rings. The minimum Gasteiger partial charge on any atom is -0.377 e. The van der Waals surface area contributed by atoms with Crippen molar-refractivity contribution in [1.82, 2.24) is 14.7 Å². The molecule has 108 valence electrons. The van der Waals surface area contributed by atoms with Gasteiger partial charge in [0, 0.05) is 33.3 Å². The predicted octanol–water partition coefficient (Wildman–Crippen LogP) is -0.374. The van der Waals surface area contributed by atoms with Gasteiger partial charge in [-0.3, -0.25) is 0 Å². The fourth-order valence-corrected chi connectivity index (χ4v) is 1.81. The number of aromatic nitrogens is 2. The maximum atomic E-state index is 10.9. The molecule has 0 spiro atoms. The van der Waals surface area contributed by atoms with Crippen LogP contribution in [0.3, 0.4) is 0 Å². The highest BCUT2D eigenvalue weighted by Gasteiger charge is 2.04. The summed E-state index contributed by atoms with van der Waals surface area (Å²) in [5.74, 6) is 1.83. The number of sulfonamides is 1. The van der Waals surface area contributed by atoms with Crippen molar-refractivity contribution in [1.29, 1.82) is 0 Å². The number of nitrogens with one attached hydrogen (secondary N) is 3. The maximum absolute atomic E-state index is 10.9. The summed E-state index contributed by atoms with van der Waals surface area (Å²) in [5.41, 5.74) is 0. The smallest absolute Gasteiger partial charge is 0.208 e. The van der Waals surface area contributed by atoms with Crippen molar-refractivity contribution in [3.05, 3.63) is 11.9 Å². The molecule has 0 aliphatic heterocycles. The molecule has 0 radical (unpaired) electrons. The van der Waals surface area contributed by atoms with E-state index in [0.29, 0.717) is 30.6 Å². The minimum atomic E-state index is -3.16. The van der Waals surface area contributed by atoms with Crippen LogP contribution < -0.4 is 15.4 Å². The molecule has 0 unspecified atom stereocenters. The zero-order valence-corrected chi connectivity index (χ0v) is 12.0. The van der Waals surface area contributed by atoms with Gasteiger partial charge in [0.05, 0.1) is 6.26 Å². The van der Waals surface area contributed by atoms with Crippen LogP contribution in [-0.4, -0.2) is 51.9 Å². The van der Waals surface area contributed by atoms with Crippen molar-refractivity contribution in [2.45, 2.75) is 6.61 Å². The topological polar surface area (TPSA) is 105 Å². The van der Waals surface area contributed by atoms with Crippen LogP contribution in [0.2, 0.25) is 0 Å². The van der Waals surface area contributed by atoms with Crippen molar-refractivity contribution in [2.24, 2.45) is 0 Å². The van der Waals surface area contributed by atoms with Crippen LogP contribution in [0.1, 0.15) is 5.82 Å². The highest BCUT2D eigenvalue weighted by atomic mass is 32.2. The fraction of sp³-hybridized carbons (Fsp3) is 0.600. The number of hydrogen-bond acceptors (Lipinski definition) is 7. The molecule has 1 aromatic heterocycles. The molecular weight excluding hydrogens is 270 g/mol. The summed E-state index contributed by atoms with van der Waals surface area (Å²) in [6, 6.07) is 1.74. The Balaban J connectivity index is 2.59. The molecule has 8 nitrogen and oxygen atoms in total. The molecule has 1 rings (SSSR count). The van der Waals surface area contributed by atoms with Gasteiger partial charge in [-0.2, -0.15) is 0 Å². The lowest BCUT2D eigenvalue weighted by Gasteiger charge is -2.09. The Morgan fingerprint density at radius 2 is 1.95 bits per heavy atom. The van der Waals surface area contributed by atoms with E-state index in [9.17, 15) is 8.42 Å². The Labute approximate surface area is 113 Å². The van der Waals surface area contributed by atoms with Crippen LogP contribution in [0, 0.1) is 0 Å². The van der Waals surface area contributed by atoms with Crippen LogP contribution in [0.15, 0.2) is 6.07 Å². The number of rotatable bonds is 8. The number of anilines is 2. The lowest BCUT2D eigenvalue weighted by molar-refractivity contribution is 0.178.